The van der Waals surface area contributed by atoms with E-state index in [0.717, 1.165) is 6.42 Å². The Labute approximate surface area is 103 Å². The van der Waals surface area contributed by atoms with Crippen LogP contribution in [0.15, 0.2) is 12.1 Å². The first-order valence-corrected chi connectivity index (χ1v) is 5.66. The topological polar surface area (TPSA) is 46.5 Å². The van der Waals surface area contributed by atoms with E-state index in [1.165, 1.54) is 19.2 Å². The van der Waals surface area contributed by atoms with Crippen LogP contribution in [0, 0.1) is 5.82 Å². The molecule has 0 unspecified atom stereocenters. The van der Waals surface area contributed by atoms with Crippen molar-refractivity contribution in [2.45, 2.75) is 24.7 Å². The van der Waals surface area contributed by atoms with Crippen LogP contribution in [0.5, 0.6) is 5.75 Å². The van der Waals surface area contributed by atoms with Crippen molar-refractivity contribution in [3.05, 3.63) is 28.5 Å². The summed E-state index contributed by atoms with van der Waals surface area (Å²) in [6, 6.07) is 2.87. The number of carboxylic acids is 1. The highest BCUT2D eigenvalue weighted by Gasteiger charge is 2.49. The van der Waals surface area contributed by atoms with Gasteiger partial charge < -0.3 is 9.84 Å². The van der Waals surface area contributed by atoms with Gasteiger partial charge in [-0.05, 0) is 25.0 Å². The van der Waals surface area contributed by atoms with Crippen LogP contribution < -0.4 is 4.74 Å². The molecule has 1 aliphatic rings. The highest BCUT2D eigenvalue weighted by atomic mass is 35.5. The number of halogens is 2. The number of ether oxygens (including phenoxy) is 1. The monoisotopic (exact) mass is 258 g/mol. The molecule has 0 saturated heterocycles. The lowest BCUT2D eigenvalue weighted by Gasteiger charge is -2.39. The Balaban J connectivity index is 2.64. The number of aliphatic carboxylic acids is 1. The Morgan fingerprint density at radius 1 is 1.53 bits per heavy atom. The van der Waals surface area contributed by atoms with E-state index >= 15 is 0 Å². The van der Waals surface area contributed by atoms with Crippen LogP contribution >= 0.6 is 11.6 Å². The first kappa shape index (κ1) is 12.2. The van der Waals surface area contributed by atoms with Crippen molar-refractivity contribution in [1.29, 1.82) is 0 Å². The first-order valence-electron chi connectivity index (χ1n) is 5.29. The molecule has 0 amide bonds. The van der Waals surface area contributed by atoms with Crippen LogP contribution in [0.3, 0.4) is 0 Å². The van der Waals surface area contributed by atoms with Gasteiger partial charge in [-0.2, -0.15) is 0 Å². The van der Waals surface area contributed by atoms with Crippen molar-refractivity contribution in [3.63, 3.8) is 0 Å². The molecule has 0 atom stereocenters. The normalized spacial score (nSPS) is 17.4. The summed E-state index contributed by atoms with van der Waals surface area (Å²) >= 11 is 5.71. The molecule has 1 aromatic rings. The van der Waals surface area contributed by atoms with Gasteiger partial charge in [-0.3, -0.25) is 4.79 Å². The minimum Gasteiger partial charge on any atom is -0.496 e. The molecule has 1 aliphatic carbocycles. The second-order valence-corrected chi connectivity index (χ2v) is 4.59. The summed E-state index contributed by atoms with van der Waals surface area (Å²) in [5.74, 6) is -1.47. The van der Waals surface area contributed by atoms with Gasteiger partial charge in [0, 0.05) is 5.56 Å². The summed E-state index contributed by atoms with van der Waals surface area (Å²) in [6.07, 6.45) is 1.59. The Hall–Kier alpha value is -1.29. The molecule has 2 rings (SSSR count). The number of methoxy groups -OCH3 is 1. The summed E-state index contributed by atoms with van der Waals surface area (Å²) in [6.45, 7) is 0. The number of hydrogen-bond acceptors (Lipinski definition) is 2. The molecular formula is C12H12ClFO3. The van der Waals surface area contributed by atoms with E-state index in [4.69, 9.17) is 16.3 Å². The number of carbonyl (C=O) groups is 1. The van der Waals surface area contributed by atoms with Crippen molar-refractivity contribution < 1.29 is 19.0 Å². The fraction of sp³-hybridized carbons (Fsp3) is 0.417. The Morgan fingerprint density at radius 3 is 2.59 bits per heavy atom. The Bertz CT molecular complexity index is 469. The summed E-state index contributed by atoms with van der Waals surface area (Å²) < 4.78 is 19.1. The molecule has 1 saturated carbocycles. The smallest absolute Gasteiger partial charge is 0.314 e. The molecule has 17 heavy (non-hydrogen) atoms. The quantitative estimate of drug-likeness (QED) is 0.907. The number of hydrogen-bond donors (Lipinski definition) is 1. The van der Waals surface area contributed by atoms with Crippen molar-refractivity contribution in [2.75, 3.05) is 7.11 Å². The molecule has 92 valence electrons. The van der Waals surface area contributed by atoms with E-state index in [9.17, 15) is 14.3 Å². The van der Waals surface area contributed by atoms with Crippen LogP contribution in [0.4, 0.5) is 4.39 Å². The number of carboxylic acid groups (broad SMARTS) is 1. The summed E-state index contributed by atoms with van der Waals surface area (Å²) in [7, 11) is 1.39. The van der Waals surface area contributed by atoms with E-state index in [2.05, 4.69) is 0 Å². The average Bonchev–Trinajstić information content (AvgIpc) is 2.22. The van der Waals surface area contributed by atoms with Gasteiger partial charge in [0.25, 0.3) is 0 Å². The molecule has 1 N–H and O–H groups in total. The van der Waals surface area contributed by atoms with Gasteiger partial charge in [0.15, 0.2) is 0 Å². The molecular weight excluding hydrogens is 247 g/mol. The minimum atomic E-state index is -1.18. The Kier molecular flexibility index (Phi) is 3.00. The van der Waals surface area contributed by atoms with Crippen LogP contribution in [-0.2, 0) is 10.2 Å². The first-order chi connectivity index (χ1) is 8.03. The maximum absolute atomic E-state index is 14.1. The van der Waals surface area contributed by atoms with Gasteiger partial charge in [0.05, 0.1) is 17.5 Å². The zero-order valence-corrected chi connectivity index (χ0v) is 10.1. The van der Waals surface area contributed by atoms with E-state index < -0.39 is 17.2 Å². The largest absolute Gasteiger partial charge is 0.496 e. The molecule has 3 nitrogen and oxygen atoms in total. The fourth-order valence-electron chi connectivity index (χ4n) is 2.25. The molecule has 0 bridgehead atoms. The van der Waals surface area contributed by atoms with Crippen molar-refractivity contribution >= 4 is 17.6 Å². The van der Waals surface area contributed by atoms with Crippen LogP contribution in [-0.4, -0.2) is 18.2 Å². The highest BCUT2D eigenvalue weighted by Crippen LogP contribution is 2.49. The molecule has 1 fully saturated rings. The van der Waals surface area contributed by atoms with E-state index in [0.29, 0.717) is 12.8 Å². The van der Waals surface area contributed by atoms with Gasteiger partial charge >= 0.3 is 5.97 Å². The molecule has 0 spiro atoms. The minimum absolute atomic E-state index is 0.0752. The number of rotatable bonds is 3. The Morgan fingerprint density at radius 2 is 2.18 bits per heavy atom. The highest BCUT2D eigenvalue weighted by molar-refractivity contribution is 6.30. The van der Waals surface area contributed by atoms with Crippen LogP contribution in [0.25, 0.3) is 0 Å². The molecule has 0 aliphatic heterocycles. The van der Waals surface area contributed by atoms with Crippen LogP contribution in [0.1, 0.15) is 24.8 Å². The third-order valence-electron chi connectivity index (χ3n) is 3.37. The molecule has 1 aromatic carbocycles. The van der Waals surface area contributed by atoms with E-state index in [-0.39, 0.29) is 16.3 Å². The van der Waals surface area contributed by atoms with Crippen molar-refractivity contribution in [2.24, 2.45) is 0 Å². The number of benzene rings is 1. The predicted molar refractivity (Wildman–Crippen MR) is 61.1 cm³/mol. The lowest BCUT2D eigenvalue weighted by molar-refractivity contribution is -0.147. The summed E-state index contributed by atoms with van der Waals surface area (Å²) in [5, 5.41) is 9.23. The molecule has 5 heteroatoms. The van der Waals surface area contributed by atoms with Crippen molar-refractivity contribution in [1.82, 2.24) is 0 Å². The lowest BCUT2D eigenvalue weighted by Crippen LogP contribution is -2.43. The molecule has 0 heterocycles. The van der Waals surface area contributed by atoms with Crippen LogP contribution in [0.2, 0.25) is 5.02 Å². The maximum Gasteiger partial charge on any atom is 0.314 e. The van der Waals surface area contributed by atoms with E-state index in [1.54, 1.807) is 0 Å². The zero-order valence-electron chi connectivity index (χ0n) is 9.30. The van der Waals surface area contributed by atoms with Gasteiger partial charge in [-0.15, -0.1) is 0 Å². The standard InChI is InChI=1S/C12H12ClFO3/c1-17-8-4-3-7(13)10(14)9(8)12(11(15)16)5-2-6-12/h3-4H,2,5-6H2,1H3,(H,15,16). The van der Waals surface area contributed by atoms with Gasteiger partial charge in [0.1, 0.15) is 11.6 Å². The fourth-order valence-corrected chi connectivity index (χ4v) is 2.41. The third-order valence-corrected chi connectivity index (χ3v) is 3.66. The summed E-state index contributed by atoms with van der Waals surface area (Å²) in [4.78, 5) is 11.4. The molecule has 0 radical (unpaired) electrons. The second kappa shape index (κ2) is 4.18. The van der Waals surface area contributed by atoms with Gasteiger partial charge in [-0.25, -0.2) is 4.39 Å². The SMILES string of the molecule is COc1ccc(Cl)c(F)c1C1(C(=O)O)CCC1. The second-order valence-electron chi connectivity index (χ2n) is 4.18. The van der Waals surface area contributed by atoms with E-state index in [1.807, 2.05) is 0 Å². The molecule has 0 aromatic heterocycles. The summed E-state index contributed by atoms with van der Waals surface area (Å²) in [5.41, 5.74) is -1.10. The lowest BCUT2D eigenvalue weighted by atomic mass is 9.64. The van der Waals surface area contributed by atoms with Crippen molar-refractivity contribution in [3.8, 4) is 5.75 Å². The average molecular weight is 259 g/mol. The zero-order chi connectivity index (χ0) is 12.6. The predicted octanol–water partition coefficient (Wildman–Crippen LogP) is 2.99. The third kappa shape index (κ3) is 1.67. The van der Waals surface area contributed by atoms with Gasteiger partial charge in [0.2, 0.25) is 0 Å². The maximum atomic E-state index is 14.1. The van der Waals surface area contributed by atoms with Gasteiger partial charge in [-0.1, -0.05) is 18.0 Å².